The summed E-state index contributed by atoms with van der Waals surface area (Å²) in [6.07, 6.45) is 3.32. The van der Waals surface area contributed by atoms with Crippen LogP contribution in [-0.2, 0) is 17.3 Å². The summed E-state index contributed by atoms with van der Waals surface area (Å²) in [7, 11) is 3.84. The van der Waals surface area contributed by atoms with Gasteiger partial charge in [-0.25, -0.2) is 0 Å². The molecule has 2 aromatic carbocycles. The second-order valence-electron chi connectivity index (χ2n) is 7.92. The average molecular weight is 373 g/mol. The molecule has 0 aliphatic carbocycles. The van der Waals surface area contributed by atoms with Crippen molar-refractivity contribution in [3.8, 4) is 0 Å². The van der Waals surface area contributed by atoms with Gasteiger partial charge in [0, 0.05) is 55.5 Å². The summed E-state index contributed by atoms with van der Waals surface area (Å²) in [5, 5.41) is 0.984. The largest absolute Gasteiger partial charge is 0.351 e. The van der Waals surface area contributed by atoms with Crippen molar-refractivity contribution < 1.29 is 9.59 Å². The quantitative estimate of drug-likeness (QED) is 0.657. The number of hydrogen-bond donors (Lipinski definition) is 0. The van der Waals surface area contributed by atoms with Crippen LogP contribution in [0.1, 0.15) is 28.8 Å². The molecule has 0 radical (unpaired) electrons. The highest BCUT2D eigenvalue weighted by Gasteiger charge is 2.51. The first-order chi connectivity index (χ1) is 13.5. The standard InChI is InChI=1S/C23H23N3O2/c1-24-13-10-16-17(6-5-9-19(16)24)21(27)26-14-11-23(12-15-26)18-7-3-4-8-20(18)25(2)22(23)28/h3-10,13H,11-12,14-15H2,1-2H3. The van der Waals surface area contributed by atoms with Gasteiger partial charge in [-0.15, -0.1) is 0 Å². The summed E-state index contributed by atoms with van der Waals surface area (Å²) in [6, 6.07) is 15.9. The normalized spacial score (nSPS) is 18.1. The summed E-state index contributed by atoms with van der Waals surface area (Å²) >= 11 is 0. The van der Waals surface area contributed by atoms with E-state index in [9.17, 15) is 9.59 Å². The Morgan fingerprint density at radius 1 is 0.964 bits per heavy atom. The van der Waals surface area contributed by atoms with E-state index in [1.165, 1.54) is 0 Å². The summed E-state index contributed by atoms with van der Waals surface area (Å²) < 4.78 is 2.03. The first-order valence-corrected chi connectivity index (χ1v) is 9.74. The number of carbonyl (C=O) groups is 2. The Morgan fingerprint density at radius 3 is 2.50 bits per heavy atom. The highest BCUT2D eigenvalue weighted by atomic mass is 16.2. The molecular weight excluding hydrogens is 350 g/mol. The van der Waals surface area contributed by atoms with Crippen molar-refractivity contribution in [3.63, 3.8) is 0 Å². The van der Waals surface area contributed by atoms with E-state index < -0.39 is 5.41 Å². The second-order valence-corrected chi connectivity index (χ2v) is 7.92. The number of aromatic nitrogens is 1. The molecule has 1 saturated heterocycles. The van der Waals surface area contributed by atoms with E-state index in [4.69, 9.17) is 0 Å². The molecule has 2 aliphatic heterocycles. The number of fused-ring (bicyclic) bond motifs is 3. The molecule has 3 aromatic rings. The molecule has 0 atom stereocenters. The van der Waals surface area contributed by atoms with Crippen LogP contribution >= 0.6 is 0 Å². The van der Waals surface area contributed by atoms with Gasteiger partial charge in [-0.2, -0.15) is 0 Å². The van der Waals surface area contributed by atoms with Gasteiger partial charge in [-0.3, -0.25) is 9.59 Å². The minimum Gasteiger partial charge on any atom is -0.351 e. The zero-order valence-electron chi connectivity index (χ0n) is 16.2. The third-order valence-corrected chi connectivity index (χ3v) is 6.56. The van der Waals surface area contributed by atoms with Gasteiger partial charge in [-0.1, -0.05) is 24.3 Å². The Morgan fingerprint density at radius 2 is 1.71 bits per heavy atom. The van der Waals surface area contributed by atoms with E-state index in [1.54, 1.807) is 4.90 Å². The van der Waals surface area contributed by atoms with Gasteiger partial charge < -0.3 is 14.4 Å². The second kappa shape index (κ2) is 5.96. The molecule has 3 heterocycles. The average Bonchev–Trinajstić information content (AvgIpc) is 3.21. The van der Waals surface area contributed by atoms with E-state index >= 15 is 0 Å². The van der Waals surface area contributed by atoms with Crippen LogP contribution in [0.4, 0.5) is 5.69 Å². The predicted octanol–water partition coefficient (Wildman–Crippen LogP) is 3.33. The zero-order valence-corrected chi connectivity index (χ0v) is 16.2. The number of rotatable bonds is 1. The van der Waals surface area contributed by atoms with E-state index in [1.807, 2.05) is 72.2 Å². The Kier molecular flexibility index (Phi) is 3.63. The van der Waals surface area contributed by atoms with Crippen molar-refractivity contribution in [1.29, 1.82) is 0 Å². The fourth-order valence-corrected chi connectivity index (χ4v) is 4.95. The minimum atomic E-state index is -0.485. The van der Waals surface area contributed by atoms with E-state index in [0.717, 1.165) is 27.7 Å². The van der Waals surface area contributed by atoms with E-state index in [-0.39, 0.29) is 11.8 Å². The fourth-order valence-electron chi connectivity index (χ4n) is 4.95. The minimum absolute atomic E-state index is 0.0544. The monoisotopic (exact) mass is 373 g/mol. The lowest BCUT2D eigenvalue weighted by atomic mass is 9.73. The van der Waals surface area contributed by atoms with Crippen molar-refractivity contribution in [2.75, 3.05) is 25.0 Å². The van der Waals surface area contributed by atoms with Crippen LogP contribution in [0.5, 0.6) is 0 Å². The number of anilines is 1. The number of benzene rings is 2. The molecule has 0 unspecified atom stereocenters. The Bertz CT molecular complexity index is 1110. The number of amides is 2. The van der Waals surface area contributed by atoms with Gasteiger partial charge in [0.05, 0.1) is 5.41 Å². The van der Waals surface area contributed by atoms with Crippen LogP contribution in [0.25, 0.3) is 10.9 Å². The maximum Gasteiger partial charge on any atom is 0.254 e. The van der Waals surface area contributed by atoms with Gasteiger partial charge >= 0.3 is 0 Å². The van der Waals surface area contributed by atoms with Crippen LogP contribution in [0.2, 0.25) is 0 Å². The molecule has 28 heavy (non-hydrogen) atoms. The van der Waals surface area contributed by atoms with Gasteiger partial charge in [-0.05, 0) is 42.7 Å². The number of piperidine rings is 1. The smallest absolute Gasteiger partial charge is 0.254 e. The topological polar surface area (TPSA) is 45.6 Å². The van der Waals surface area contributed by atoms with Gasteiger partial charge in [0.25, 0.3) is 5.91 Å². The Balaban J connectivity index is 1.43. The number of likely N-dealkylation sites (N-methyl/N-ethyl adjacent to an activating group) is 1. The van der Waals surface area contributed by atoms with Crippen molar-refractivity contribution in [2.24, 2.45) is 7.05 Å². The van der Waals surface area contributed by atoms with Gasteiger partial charge in [0.1, 0.15) is 0 Å². The maximum absolute atomic E-state index is 13.2. The summed E-state index contributed by atoms with van der Waals surface area (Å²) in [4.78, 5) is 30.0. The number of aryl methyl sites for hydroxylation is 1. The fraction of sp³-hybridized carbons (Fsp3) is 0.304. The summed E-state index contributed by atoms with van der Waals surface area (Å²) in [5.74, 6) is 0.213. The van der Waals surface area contributed by atoms with E-state index in [0.29, 0.717) is 25.9 Å². The predicted molar refractivity (Wildman–Crippen MR) is 110 cm³/mol. The summed E-state index contributed by atoms with van der Waals surface area (Å²) in [5.41, 5.74) is 3.42. The molecule has 1 aromatic heterocycles. The molecular formula is C23H23N3O2. The Labute approximate surface area is 164 Å². The SMILES string of the molecule is CN1C(=O)C2(CCN(C(=O)c3cccc4c3ccn4C)CC2)c2ccccc21. The lowest BCUT2D eigenvalue weighted by Gasteiger charge is -2.38. The van der Waals surface area contributed by atoms with Crippen molar-refractivity contribution in [3.05, 3.63) is 65.9 Å². The number of likely N-dealkylation sites (tertiary alicyclic amines) is 1. The maximum atomic E-state index is 13.2. The van der Waals surface area contributed by atoms with Crippen LogP contribution in [-0.4, -0.2) is 41.4 Å². The number of hydrogen-bond acceptors (Lipinski definition) is 2. The zero-order chi connectivity index (χ0) is 19.5. The third kappa shape index (κ3) is 2.19. The molecule has 142 valence electrons. The number of para-hydroxylation sites is 1. The molecule has 5 heteroatoms. The lowest BCUT2D eigenvalue weighted by molar-refractivity contribution is -0.124. The summed E-state index contributed by atoms with van der Waals surface area (Å²) in [6.45, 7) is 1.19. The Hall–Kier alpha value is -3.08. The molecule has 1 spiro atoms. The van der Waals surface area contributed by atoms with Gasteiger partial charge in [0.2, 0.25) is 5.91 Å². The first-order valence-electron chi connectivity index (χ1n) is 9.74. The molecule has 2 amide bonds. The highest BCUT2D eigenvalue weighted by molar-refractivity contribution is 6.09. The van der Waals surface area contributed by atoms with Crippen molar-refractivity contribution in [1.82, 2.24) is 9.47 Å². The number of nitrogens with zero attached hydrogens (tertiary/aromatic N) is 3. The van der Waals surface area contributed by atoms with Crippen molar-refractivity contribution in [2.45, 2.75) is 18.3 Å². The third-order valence-electron chi connectivity index (χ3n) is 6.56. The van der Waals surface area contributed by atoms with Crippen molar-refractivity contribution >= 4 is 28.4 Å². The molecule has 5 nitrogen and oxygen atoms in total. The molecule has 0 N–H and O–H groups in total. The number of carbonyl (C=O) groups excluding carboxylic acids is 2. The van der Waals surface area contributed by atoms with Crippen LogP contribution < -0.4 is 4.90 Å². The van der Waals surface area contributed by atoms with Crippen LogP contribution in [0, 0.1) is 0 Å². The van der Waals surface area contributed by atoms with Gasteiger partial charge in [0.15, 0.2) is 0 Å². The van der Waals surface area contributed by atoms with Crippen LogP contribution in [0.15, 0.2) is 54.7 Å². The molecule has 1 fully saturated rings. The van der Waals surface area contributed by atoms with E-state index in [2.05, 4.69) is 6.07 Å². The lowest BCUT2D eigenvalue weighted by Crippen LogP contribution is -2.49. The first kappa shape index (κ1) is 17.0. The highest BCUT2D eigenvalue weighted by Crippen LogP contribution is 2.47. The molecule has 2 aliphatic rings. The molecule has 0 bridgehead atoms. The molecule has 0 saturated carbocycles. The van der Waals surface area contributed by atoms with Crippen LogP contribution in [0.3, 0.4) is 0 Å². The molecule has 5 rings (SSSR count).